The van der Waals surface area contributed by atoms with Crippen molar-refractivity contribution in [1.82, 2.24) is 5.32 Å². The molecule has 1 atom stereocenters. The number of hydrogen-bond acceptors (Lipinski definition) is 4. The number of methoxy groups -OCH3 is 1. The minimum absolute atomic E-state index is 0.0261. The monoisotopic (exact) mass is 319 g/mol. The van der Waals surface area contributed by atoms with Crippen LogP contribution in [0.3, 0.4) is 0 Å². The zero-order chi connectivity index (χ0) is 14.3. The summed E-state index contributed by atoms with van der Waals surface area (Å²) in [7, 11) is 1.37. The number of carbonyl (C=O) groups is 2. The first-order valence-corrected chi connectivity index (χ1v) is 5.70. The molecule has 104 valence electrons. The van der Waals surface area contributed by atoms with Crippen LogP contribution >= 0.6 is 34.8 Å². The van der Waals surface area contributed by atoms with Gasteiger partial charge in [-0.05, 0) is 5.57 Å². The molecule has 2 N–H and O–H groups in total. The van der Waals surface area contributed by atoms with Crippen molar-refractivity contribution in [3.63, 3.8) is 0 Å². The van der Waals surface area contributed by atoms with E-state index in [0.717, 1.165) is 0 Å². The summed E-state index contributed by atoms with van der Waals surface area (Å²) in [5.74, 6) is -1.30. The average Bonchev–Trinajstić information content (AvgIpc) is 2.21. The summed E-state index contributed by atoms with van der Waals surface area (Å²) in [4.78, 5) is 22.1. The molecule has 0 aromatic heterocycles. The van der Waals surface area contributed by atoms with E-state index >= 15 is 0 Å². The molecular formula is C9H12Cl3NO5. The fraction of sp³-hybridized carbons (Fsp3) is 0.556. The summed E-state index contributed by atoms with van der Waals surface area (Å²) < 4.78 is 7.47. The predicted octanol–water partition coefficient (Wildman–Crippen LogP) is 1.74. The highest BCUT2D eigenvalue weighted by Crippen LogP contribution is 2.25. The lowest BCUT2D eigenvalue weighted by atomic mass is 10.1. The zero-order valence-corrected chi connectivity index (χ0v) is 11.7. The third kappa shape index (κ3) is 7.60. The van der Waals surface area contributed by atoms with Crippen LogP contribution < -0.4 is 5.32 Å². The molecule has 0 bridgehead atoms. The normalized spacial score (nSPS) is 12.7. The van der Waals surface area contributed by atoms with Crippen molar-refractivity contribution in [3.8, 4) is 0 Å². The number of alkyl halides is 3. The summed E-state index contributed by atoms with van der Waals surface area (Å²) in [6, 6.07) is -1.34. The lowest BCUT2D eigenvalue weighted by molar-refractivity contribution is -0.138. The second kappa shape index (κ2) is 7.68. The molecule has 6 nitrogen and oxygen atoms in total. The van der Waals surface area contributed by atoms with Crippen molar-refractivity contribution in [2.45, 2.75) is 9.83 Å². The summed E-state index contributed by atoms with van der Waals surface area (Å²) in [5.41, 5.74) is 0.149. The van der Waals surface area contributed by atoms with Gasteiger partial charge in [0, 0.05) is 7.11 Å². The average molecular weight is 321 g/mol. The molecule has 0 fully saturated rings. The van der Waals surface area contributed by atoms with E-state index in [1.807, 2.05) is 0 Å². The molecule has 18 heavy (non-hydrogen) atoms. The van der Waals surface area contributed by atoms with Crippen molar-refractivity contribution >= 4 is 46.9 Å². The number of amides is 1. The van der Waals surface area contributed by atoms with Gasteiger partial charge in [-0.15, -0.1) is 0 Å². The summed E-state index contributed by atoms with van der Waals surface area (Å²) >= 11 is 16.1. The Morgan fingerprint density at radius 1 is 1.44 bits per heavy atom. The van der Waals surface area contributed by atoms with Gasteiger partial charge < -0.3 is 19.9 Å². The summed E-state index contributed by atoms with van der Waals surface area (Å²) in [5, 5.41) is 10.9. The third-order valence-corrected chi connectivity index (χ3v) is 1.94. The van der Waals surface area contributed by atoms with Crippen LogP contribution in [-0.4, -0.2) is 47.3 Å². The lowest BCUT2D eigenvalue weighted by Gasteiger charge is -2.17. The lowest BCUT2D eigenvalue weighted by Crippen LogP contribution is -2.43. The number of nitrogens with one attached hydrogen (secondary N) is 1. The number of carboxylic acids is 1. The van der Waals surface area contributed by atoms with E-state index in [1.54, 1.807) is 0 Å². The smallest absolute Gasteiger partial charge is 0.408 e. The van der Waals surface area contributed by atoms with E-state index in [-0.39, 0.29) is 12.2 Å². The molecule has 0 heterocycles. The van der Waals surface area contributed by atoms with Crippen LogP contribution in [0, 0.1) is 0 Å². The number of hydrogen-bond donors (Lipinski definition) is 2. The number of aliphatic carboxylic acids is 1. The van der Waals surface area contributed by atoms with Gasteiger partial charge in [-0.25, -0.2) is 9.59 Å². The Kier molecular flexibility index (Phi) is 7.39. The molecule has 0 rings (SSSR count). The van der Waals surface area contributed by atoms with E-state index < -0.39 is 28.5 Å². The standard InChI is InChI=1S/C9H12Cl3NO5/c1-5(3-17-2)6(7(14)15)13-8(16)18-4-9(10,11)12/h6H,1,3-4H2,2H3,(H,13,16)(H,14,15). The number of ether oxygens (including phenoxy) is 2. The van der Waals surface area contributed by atoms with E-state index in [0.29, 0.717) is 0 Å². The molecule has 9 heteroatoms. The molecule has 0 saturated heterocycles. The molecule has 0 aromatic carbocycles. The van der Waals surface area contributed by atoms with Gasteiger partial charge in [-0.1, -0.05) is 41.4 Å². The molecule has 0 aromatic rings. The first kappa shape index (κ1) is 17.3. The minimum atomic E-state index is -1.76. The quantitative estimate of drug-likeness (QED) is 0.575. The number of halogens is 3. The second-order valence-electron chi connectivity index (χ2n) is 3.20. The first-order chi connectivity index (χ1) is 8.17. The highest BCUT2D eigenvalue weighted by Gasteiger charge is 2.26. The van der Waals surface area contributed by atoms with E-state index in [9.17, 15) is 9.59 Å². The van der Waals surface area contributed by atoms with Gasteiger partial charge in [0.05, 0.1) is 6.61 Å². The van der Waals surface area contributed by atoms with Crippen LogP contribution in [0.25, 0.3) is 0 Å². The van der Waals surface area contributed by atoms with Gasteiger partial charge >= 0.3 is 12.1 Å². The molecule has 0 aliphatic heterocycles. The molecule has 0 aliphatic carbocycles. The molecule has 1 amide bonds. The van der Waals surface area contributed by atoms with Crippen molar-refractivity contribution in [2.75, 3.05) is 20.3 Å². The highest BCUT2D eigenvalue weighted by molar-refractivity contribution is 6.67. The van der Waals surface area contributed by atoms with E-state index in [4.69, 9.17) is 44.6 Å². The fourth-order valence-corrected chi connectivity index (χ4v) is 1.08. The molecule has 0 aliphatic rings. The SMILES string of the molecule is C=C(COC)C(NC(=O)OCC(Cl)(Cl)Cl)C(=O)O. The topological polar surface area (TPSA) is 84.9 Å². The highest BCUT2D eigenvalue weighted by atomic mass is 35.6. The van der Waals surface area contributed by atoms with Crippen LogP contribution in [-0.2, 0) is 14.3 Å². The van der Waals surface area contributed by atoms with Gasteiger partial charge in [0.15, 0.2) is 6.04 Å². The van der Waals surface area contributed by atoms with E-state index in [1.165, 1.54) is 7.11 Å². The van der Waals surface area contributed by atoms with Crippen LogP contribution in [0.5, 0.6) is 0 Å². The zero-order valence-electron chi connectivity index (χ0n) is 9.41. The van der Waals surface area contributed by atoms with Gasteiger partial charge in [0.25, 0.3) is 0 Å². The molecule has 0 saturated carbocycles. The first-order valence-electron chi connectivity index (χ1n) is 4.57. The summed E-state index contributed by atoms with van der Waals surface area (Å²) in [6.07, 6.45) is -1.04. The van der Waals surface area contributed by atoms with Gasteiger partial charge in [0.2, 0.25) is 3.79 Å². The van der Waals surface area contributed by atoms with Crippen molar-refractivity contribution in [2.24, 2.45) is 0 Å². The van der Waals surface area contributed by atoms with Crippen molar-refractivity contribution in [1.29, 1.82) is 0 Å². The maximum atomic E-state index is 11.3. The third-order valence-electron chi connectivity index (χ3n) is 1.61. The summed E-state index contributed by atoms with van der Waals surface area (Å²) in [6.45, 7) is 2.94. The largest absolute Gasteiger partial charge is 0.479 e. The Balaban J connectivity index is 4.38. The molecule has 1 unspecified atom stereocenters. The van der Waals surface area contributed by atoms with Crippen LogP contribution in [0.1, 0.15) is 0 Å². The second-order valence-corrected chi connectivity index (χ2v) is 5.71. The van der Waals surface area contributed by atoms with Gasteiger partial charge in [-0.3, -0.25) is 0 Å². The van der Waals surface area contributed by atoms with Crippen LogP contribution in [0.15, 0.2) is 12.2 Å². The van der Waals surface area contributed by atoms with Crippen molar-refractivity contribution < 1.29 is 24.2 Å². The molecule has 0 spiro atoms. The molecular weight excluding hydrogens is 308 g/mol. The fourth-order valence-electron chi connectivity index (χ4n) is 0.914. The predicted molar refractivity (Wildman–Crippen MR) is 67.2 cm³/mol. The molecule has 0 radical (unpaired) electrons. The van der Waals surface area contributed by atoms with Gasteiger partial charge in [-0.2, -0.15) is 0 Å². The Morgan fingerprint density at radius 3 is 2.39 bits per heavy atom. The Bertz CT molecular complexity index is 329. The van der Waals surface area contributed by atoms with Crippen LogP contribution in [0.2, 0.25) is 0 Å². The van der Waals surface area contributed by atoms with E-state index in [2.05, 4.69) is 16.6 Å². The number of rotatable bonds is 6. The number of carbonyl (C=O) groups excluding carboxylic acids is 1. The minimum Gasteiger partial charge on any atom is -0.479 e. The number of carboxylic acid groups (broad SMARTS) is 1. The Labute approximate surface area is 119 Å². The van der Waals surface area contributed by atoms with Gasteiger partial charge in [0.1, 0.15) is 6.61 Å². The maximum Gasteiger partial charge on any atom is 0.408 e. The Hall–Kier alpha value is -0.690. The van der Waals surface area contributed by atoms with Crippen molar-refractivity contribution in [3.05, 3.63) is 12.2 Å². The maximum absolute atomic E-state index is 11.3. The van der Waals surface area contributed by atoms with Crippen LogP contribution in [0.4, 0.5) is 4.79 Å². The number of alkyl carbamates (subject to hydrolysis) is 1. The Morgan fingerprint density at radius 2 is 2.00 bits per heavy atom.